The summed E-state index contributed by atoms with van der Waals surface area (Å²) in [5.74, 6) is 0.107. The first-order valence-corrected chi connectivity index (χ1v) is 7.93. The number of rotatable bonds is 7. The van der Waals surface area contributed by atoms with Crippen LogP contribution in [-0.2, 0) is 0 Å². The van der Waals surface area contributed by atoms with E-state index in [-0.39, 0.29) is 11.7 Å². The molecule has 3 nitrogen and oxygen atoms in total. The number of carbonyl (C=O) groups excluding carboxylic acids is 1. The van der Waals surface area contributed by atoms with Crippen LogP contribution >= 0.6 is 23.2 Å². The van der Waals surface area contributed by atoms with Gasteiger partial charge in [0, 0.05) is 11.6 Å². The van der Waals surface area contributed by atoms with Crippen molar-refractivity contribution in [1.82, 2.24) is 5.32 Å². The minimum absolute atomic E-state index is 0.230. The van der Waals surface area contributed by atoms with Crippen LogP contribution in [0.2, 0.25) is 10.0 Å². The summed E-state index contributed by atoms with van der Waals surface area (Å²) in [6.45, 7) is 1.02. The standard InChI is InChI=1S/C17H16Cl2FNO2/c18-12-3-8-15(16(19)11-12)17(22)21-9-1-2-10-23-14-6-4-13(20)5-7-14/h3-8,11H,1-2,9-10H2,(H,21,22). The maximum Gasteiger partial charge on any atom is 0.252 e. The largest absolute Gasteiger partial charge is 0.494 e. The van der Waals surface area contributed by atoms with Crippen molar-refractivity contribution in [2.45, 2.75) is 12.8 Å². The number of amides is 1. The summed E-state index contributed by atoms with van der Waals surface area (Å²) in [4.78, 5) is 12.0. The number of hydrogen-bond acceptors (Lipinski definition) is 2. The minimum Gasteiger partial charge on any atom is -0.494 e. The van der Waals surface area contributed by atoms with Crippen LogP contribution in [0.1, 0.15) is 23.2 Å². The lowest BCUT2D eigenvalue weighted by Gasteiger charge is -2.08. The zero-order valence-electron chi connectivity index (χ0n) is 12.3. The quantitative estimate of drug-likeness (QED) is 0.729. The Morgan fingerprint density at radius 3 is 2.52 bits per heavy atom. The number of halogens is 3. The molecule has 0 saturated heterocycles. The van der Waals surface area contributed by atoms with Crippen molar-refractivity contribution in [2.24, 2.45) is 0 Å². The number of hydrogen-bond donors (Lipinski definition) is 1. The molecule has 0 heterocycles. The number of carbonyl (C=O) groups is 1. The van der Waals surface area contributed by atoms with Gasteiger partial charge in [0.1, 0.15) is 11.6 Å². The third kappa shape index (κ3) is 5.73. The summed E-state index contributed by atoms with van der Waals surface area (Å²) < 4.78 is 18.2. The molecule has 2 aromatic rings. The van der Waals surface area contributed by atoms with Gasteiger partial charge < -0.3 is 10.1 Å². The van der Waals surface area contributed by atoms with E-state index in [0.29, 0.717) is 34.5 Å². The monoisotopic (exact) mass is 355 g/mol. The van der Waals surface area contributed by atoms with Gasteiger partial charge in [-0.2, -0.15) is 0 Å². The summed E-state index contributed by atoms with van der Waals surface area (Å²) >= 11 is 11.8. The van der Waals surface area contributed by atoms with Gasteiger partial charge in [-0.1, -0.05) is 23.2 Å². The maximum atomic E-state index is 12.7. The number of benzene rings is 2. The Labute approximate surface area is 144 Å². The van der Waals surface area contributed by atoms with Crippen LogP contribution in [0.4, 0.5) is 4.39 Å². The first-order chi connectivity index (χ1) is 11.1. The molecule has 1 N–H and O–H groups in total. The van der Waals surface area contributed by atoms with Crippen LogP contribution in [0, 0.1) is 5.82 Å². The molecular formula is C17H16Cl2FNO2. The maximum absolute atomic E-state index is 12.7. The average molecular weight is 356 g/mol. The van der Waals surface area contributed by atoms with Crippen LogP contribution in [0.3, 0.4) is 0 Å². The first-order valence-electron chi connectivity index (χ1n) is 7.18. The van der Waals surface area contributed by atoms with E-state index in [1.54, 1.807) is 24.3 Å². The highest BCUT2D eigenvalue weighted by Gasteiger charge is 2.09. The van der Waals surface area contributed by atoms with Crippen LogP contribution in [-0.4, -0.2) is 19.1 Å². The second-order valence-corrected chi connectivity index (χ2v) is 5.73. The molecule has 1 amide bonds. The molecule has 0 bridgehead atoms. The van der Waals surface area contributed by atoms with Gasteiger partial charge in [0.25, 0.3) is 5.91 Å². The first kappa shape index (κ1) is 17.6. The van der Waals surface area contributed by atoms with E-state index in [2.05, 4.69) is 5.32 Å². The topological polar surface area (TPSA) is 38.3 Å². The smallest absolute Gasteiger partial charge is 0.252 e. The van der Waals surface area contributed by atoms with Crippen molar-refractivity contribution < 1.29 is 13.9 Å². The molecule has 0 aromatic heterocycles. The van der Waals surface area contributed by atoms with E-state index in [1.165, 1.54) is 18.2 Å². The highest BCUT2D eigenvalue weighted by atomic mass is 35.5. The number of unbranched alkanes of at least 4 members (excludes halogenated alkanes) is 1. The third-order valence-electron chi connectivity index (χ3n) is 3.11. The fourth-order valence-corrected chi connectivity index (χ4v) is 2.41. The second kappa shape index (κ2) is 8.75. The van der Waals surface area contributed by atoms with Crippen LogP contribution in [0.25, 0.3) is 0 Å². The minimum atomic E-state index is -0.291. The molecule has 2 aromatic carbocycles. The highest BCUT2D eigenvalue weighted by Crippen LogP contribution is 2.20. The van der Waals surface area contributed by atoms with E-state index in [1.807, 2.05) is 0 Å². The zero-order valence-corrected chi connectivity index (χ0v) is 13.8. The van der Waals surface area contributed by atoms with Crippen molar-refractivity contribution in [3.63, 3.8) is 0 Å². The molecule has 2 rings (SSSR count). The Balaban J connectivity index is 1.65. The molecule has 23 heavy (non-hydrogen) atoms. The van der Waals surface area contributed by atoms with Crippen molar-refractivity contribution in [3.8, 4) is 5.75 Å². The fraction of sp³-hybridized carbons (Fsp3) is 0.235. The van der Waals surface area contributed by atoms with Crippen molar-refractivity contribution in [3.05, 3.63) is 63.9 Å². The van der Waals surface area contributed by atoms with Gasteiger partial charge in [-0.15, -0.1) is 0 Å². The normalized spacial score (nSPS) is 10.4. The van der Waals surface area contributed by atoms with Gasteiger partial charge >= 0.3 is 0 Å². The van der Waals surface area contributed by atoms with Gasteiger partial charge in [0.15, 0.2) is 0 Å². The summed E-state index contributed by atoms with van der Waals surface area (Å²) in [7, 11) is 0. The third-order valence-corrected chi connectivity index (χ3v) is 3.66. The summed E-state index contributed by atoms with van der Waals surface area (Å²) in [5, 5.41) is 3.61. The summed E-state index contributed by atoms with van der Waals surface area (Å²) in [6, 6.07) is 10.6. The lowest BCUT2D eigenvalue weighted by atomic mass is 10.2. The van der Waals surface area contributed by atoms with E-state index in [0.717, 1.165) is 12.8 Å². The van der Waals surface area contributed by atoms with Crippen molar-refractivity contribution in [1.29, 1.82) is 0 Å². The molecule has 122 valence electrons. The molecule has 0 aliphatic heterocycles. The van der Waals surface area contributed by atoms with E-state index >= 15 is 0 Å². The SMILES string of the molecule is O=C(NCCCCOc1ccc(F)cc1)c1ccc(Cl)cc1Cl. The molecule has 0 spiro atoms. The lowest BCUT2D eigenvalue weighted by Crippen LogP contribution is -2.25. The summed E-state index contributed by atoms with van der Waals surface area (Å²) in [6.07, 6.45) is 1.53. The van der Waals surface area contributed by atoms with Gasteiger partial charge in [-0.05, 0) is 55.3 Å². The van der Waals surface area contributed by atoms with Crippen LogP contribution in [0.5, 0.6) is 5.75 Å². The van der Waals surface area contributed by atoms with Crippen molar-refractivity contribution >= 4 is 29.1 Å². The Morgan fingerprint density at radius 2 is 1.83 bits per heavy atom. The van der Waals surface area contributed by atoms with Gasteiger partial charge in [-0.25, -0.2) is 4.39 Å². The molecule has 0 unspecified atom stereocenters. The van der Waals surface area contributed by atoms with E-state index in [4.69, 9.17) is 27.9 Å². The molecule has 0 aliphatic carbocycles. The fourth-order valence-electron chi connectivity index (χ4n) is 1.92. The molecular weight excluding hydrogens is 340 g/mol. The summed E-state index contributed by atoms with van der Waals surface area (Å²) in [5.41, 5.74) is 0.402. The lowest BCUT2D eigenvalue weighted by molar-refractivity contribution is 0.0952. The average Bonchev–Trinajstić information content (AvgIpc) is 2.52. The molecule has 6 heteroatoms. The molecule has 0 saturated carbocycles. The number of nitrogens with one attached hydrogen (secondary N) is 1. The Bertz CT molecular complexity index is 662. The van der Waals surface area contributed by atoms with Gasteiger partial charge in [0.2, 0.25) is 0 Å². The zero-order chi connectivity index (χ0) is 16.7. The van der Waals surface area contributed by atoms with Gasteiger partial charge in [0.05, 0.1) is 17.2 Å². The predicted molar refractivity (Wildman–Crippen MR) is 89.9 cm³/mol. The predicted octanol–water partition coefficient (Wildman–Crippen LogP) is 4.72. The Hall–Kier alpha value is -1.78. The molecule has 0 aliphatic rings. The van der Waals surface area contributed by atoms with E-state index in [9.17, 15) is 9.18 Å². The van der Waals surface area contributed by atoms with Crippen LogP contribution < -0.4 is 10.1 Å². The molecule has 0 atom stereocenters. The van der Waals surface area contributed by atoms with Crippen LogP contribution in [0.15, 0.2) is 42.5 Å². The van der Waals surface area contributed by atoms with Crippen molar-refractivity contribution in [2.75, 3.05) is 13.2 Å². The molecule has 0 fully saturated rings. The Kier molecular flexibility index (Phi) is 6.68. The Morgan fingerprint density at radius 1 is 1.09 bits per heavy atom. The highest BCUT2D eigenvalue weighted by molar-refractivity contribution is 6.36. The van der Waals surface area contributed by atoms with E-state index < -0.39 is 0 Å². The number of ether oxygens (including phenoxy) is 1. The molecule has 0 radical (unpaired) electrons. The second-order valence-electron chi connectivity index (χ2n) is 4.89. The van der Waals surface area contributed by atoms with Gasteiger partial charge in [-0.3, -0.25) is 4.79 Å².